The molecular formula is C24H30FN3O4S. The van der Waals surface area contributed by atoms with E-state index in [0.29, 0.717) is 30.8 Å². The normalized spacial score (nSPS) is 31.4. The van der Waals surface area contributed by atoms with Crippen LogP contribution in [0, 0.1) is 29.0 Å². The highest BCUT2D eigenvalue weighted by Crippen LogP contribution is 2.60. The Morgan fingerprint density at radius 2 is 1.61 bits per heavy atom. The van der Waals surface area contributed by atoms with Crippen molar-refractivity contribution in [1.82, 2.24) is 9.21 Å². The molecule has 2 amide bonds. The van der Waals surface area contributed by atoms with Crippen molar-refractivity contribution in [3.8, 4) is 0 Å². The molecule has 4 aliphatic carbocycles. The first-order valence-electron chi connectivity index (χ1n) is 11.7. The van der Waals surface area contributed by atoms with Gasteiger partial charge in [0, 0.05) is 31.9 Å². The summed E-state index contributed by atoms with van der Waals surface area (Å²) in [5.41, 5.74) is -0.0875. The predicted octanol–water partition coefficient (Wildman–Crippen LogP) is 3.00. The molecule has 5 fully saturated rings. The summed E-state index contributed by atoms with van der Waals surface area (Å²) >= 11 is 0. The summed E-state index contributed by atoms with van der Waals surface area (Å²) in [6.45, 7) is 4.28. The van der Waals surface area contributed by atoms with Crippen molar-refractivity contribution in [2.45, 2.75) is 43.4 Å². The molecule has 6 rings (SSSR count). The van der Waals surface area contributed by atoms with E-state index in [-0.39, 0.29) is 30.1 Å². The third kappa shape index (κ3) is 3.99. The van der Waals surface area contributed by atoms with Crippen molar-refractivity contribution < 1.29 is 22.4 Å². The van der Waals surface area contributed by atoms with E-state index in [1.54, 1.807) is 0 Å². The predicted molar refractivity (Wildman–Crippen MR) is 121 cm³/mol. The van der Waals surface area contributed by atoms with Gasteiger partial charge in [0.15, 0.2) is 0 Å². The van der Waals surface area contributed by atoms with Crippen LogP contribution in [0.5, 0.6) is 0 Å². The van der Waals surface area contributed by atoms with Crippen LogP contribution >= 0.6 is 0 Å². The Morgan fingerprint density at radius 1 is 1.03 bits per heavy atom. The molecule has 0 unspecified atom stereocenters. The second-order valence-corrected chi connectivity index (χ2v) is 12.1. The SMILES string of the molecule is C=CC(=O)Nc1ccc(S(=O)(=O)N2CCN(C(=O)C34CC5CC(CC(C5)C3)C4)CC2)c(F)c1. The number of piperazine rings is 1. The van der Waals surface area contributed by atoms with E-state index < -0.39 is 26.6 Å². The van der Waals surface area contributed by atoms with Crippen LogP contribution < -0.4 is 5.32 Å². The van der Waals surface area contributed by atoms with Crippen LogP contribution in [-0.2, 0) is 19.6 Å². The highest BCUT2D eigenvalue weighted by molar-refractivity contribution is 7.89. The smallest absolute Gasteiger partial charge is 0.247 e. The Labute approximate surface area is 194 Å². The maximum absolute atomic E-state index is 14.6. The summed E-state index contributed by atoms with van der Waals surface area (Å²) in [7, 11) is -4.05. The van der Waals surface area contributed by atoms with Gasteiger partial charge in [-0.15, -0.1) is 0 Å². The van der Waals surface area contributed by atoms with Gasteiger partial charge < -0.3 is 10.2 Å². The summed E-state index contributed by atoms with van der Waals surface area (Å²) < 4.78 is 42.0. The summed E-state index contributed by atoms with van der Waals surface area (Å²) in [6, 6.07) is 3.50. The van der Waals surface area contributed by atoms with Crippen LogP contribution in [0.3, 0.4) is 0 Å². The van der Waals surface area contributed by atoms with Crippen molar-refractivity contribution in [3.63, 3.8) is 0 Å². The van der Waals surface area contributed by atoms with E-state index in [1.165, 1.54) is 29.6 Å². The zero-order valence-electron chi connectivity index (χ0n) is 18.6. The molecule has 33 heavy (non-hydrogen) atoms. The topological polar surface area (TPSA) is 86.8 Å². The third-order valence-corrected chi connectivity index (χ3v) is 9.95. The molecule has 1 N–H and O–H groups in total. The number of sulfonamides is 1. The van der Waals surface area contributed by atoms with Gasteiger partial charge in [0.1, 0.15) is 10.7 Å². The summed E-state index contributed by atoms with van der Waals surface area (Å²) in [4.78, 5) is 26.3. The van der Waals surface area contributed by atoms with E-state index in [9.17, 15) is 22.4 Å². The highest BCUT2D eigenvalue weighted by Gasteiger charge is 2.55. The first-order chi connectivity index (χ1) is 15.7. The molecule has 0 radical (unpaired) electrons. The number of amides is 2. The molecule has 0 aromatic heterocycles. The second kappa shape index (κ2) is 8.20. The molecular weight excluding hydrogens is 445 g/mol. The number of carbonyl (C=O) groups is 2. The number of anilines is 1. The minimum absolute atomic E-state index is 0.148. The molecule has 0 spiro atoms. The van der Waals surface area contributed by atoms with Crippen LogP contribution in [0.1, 0.15) is 38.5 Å². The number of hydrogen-bond donors (Lipinski definition) is 1. The van der Waals surface area contributed by atoms with Gasteiger partial charge in [-0.1, -0.05) is 6.58 Å². The summed E-state index contributed by atoms with van der Waals surface area (Å²) in [6.07, 6.45) is 7.79. The van der Waals surface area contributed by atoms with E-state index in [2.05, 4.69) is 11.9 Å². The maximum atomic E-state index is 14.6. The quantitative estimate of drug-likeness (QED) is 0.664. The minimum Gasteiger partial charge on any atom is -0.340 e. The van der Waals surface area contributed by atoms with Crippen molar-refractivity contribution in [2.75, 3.05) is 31.5 Å². The van der Waals surface area contributed by atoms with Crippen LogP contribution in [0.15, 0.2) is 35.7 Å². The van der Waals surface area contributed by atoms with Crippen LogP contribution in [0.4, 0.5) is 10.1 Å². The number of nitrogens with zero attached hydrogens (tertiary/aromatic N) is 2. The molecule has 4 bridgehead atoms. The zero-order chi connectivity index (χ0) is 23.4. The zero-order valence-corrected chi connectivity index (χ0v) is 19.4. The Kier molecular flexibility index (Phi) is 5.60. The minimum atomic E-state index is -4.05. The summed E-state index contributed by atoms with van der Waals surface area (Å²) in [5.74, 6) is 0.776. The third-order valence-electron chi connectivity index (χ3n) is 8.02. The fourth-order valence-electron chi connectivity index (χ4n) is 6.96. The Morgan fingerprint density at radius 3 is 2.12 bits per heavy atom. The van der Waals surface area contributed by atoms with Crippen molar-refractivity contribution >= 4 is 27.5 Å². The molecule has 1 heterocycles. The number of halogens is 1. The monoisotopic (exact) mass is 475 g/mol. The molecule has 9 heteroatoms. The average molecular weight is 476 g/mol. The van der Waals surface area contributed by atoms with Gasteiger partial charge in [-0.3, -0.25) is 9.59 Å². The first-order valence-corrected chi connectivity index (χ1v) is 13.2. The van der Waals surface area contributed by atoms with E-state index in [1.807, 2.05) is 4.90 Å². The van der Waals surface area contributed by atoms with Gasteiger partial charge in [-0.25, -0.2) is 12.8 Å². The lowest BCUT2D eigenvalue weighted by atomic mass is 9.49. The molecule has 1 aromatic rings. The molecule has 7 nitrogen and oxygen atoms in total. The van der Waals surface area contributed by atoms with Gasteiger partial charge in [0.25, 0.3) is 0 Å². The molecule has 1 aliphatic heterocycles. The van der Waals surface area contributed by atoms with Crippen molar-refractivity contribution in [1.29, 1.82) is 0 Å². The fourth-order valence-corrected chi connectivity index (χ4v) is 8.43. The Balaban J connectivity index is 1.26. The van der Waals surface area contributed by atoms with Gasteiger partial charge in [0.2, 0.25) is 21.8 Å². The molecule has 1 aromatic carbocycles. The largest absolute Gasteiger partial charge is 0.340 e. The standard InChI is InChI=1S/C24H30FN3O4S/c1-2-22(29)26-19-3-4-21(20(25)12-19)33(31,32)28-7-5-27(6-8-28)23(30)24-13-16-9-17(14-24)11-18(10-16)15-24/h2-4,12,16-18H,1,5-11,13-15H2,(H,26,29). The molecule has 178 valence electrons. The summed E-state index contributed by atoms with van der Waals surface area (Å²) in [5, 5.41) is 2.41. The van der Waals surface area contributed by atoms with Crippen molar-refractivity contribution in [3.05, 3.63) is 36.7 Å². The Hall–Kier alpha value is -2.26. The Bertz CT molecular complexity index is 1060. The highest BCUT2D eigenvalue weighted by atomic mass is 32.2. The van der Waals surface area contributed by atoms with Crippen LogP contribution in [-0.4, -0.2) is 55.6 Å². The van der Waals surface area contributed by atoms with E-state index in [4.69, 9.17) is 0 Å². The van der Waals surface area contributed by atoms with Crippen LogP contribution in [0.2, 0.25) is 0 Å². The number of carbonyl (C=O) groups excluding carboxylic acids is 2. The van der Waals surface area contributed by atoms with Gasteiger partial charge in [-0.05, 0) is 80.6 Å². The lowest BCUT2D eigenvalue weighted by Crippen LogP contribution is -2.58. The first kappa shape index (κ1) is 22.5. The van der Waals surface area contributed by atoms with E-state index in [0.717, 1.165) is 37.5 Å². The number of nitrogens with one attached hydrogen (secondary N) is 1. The fraction of sp³-hybridized carbons (Fsp3) is 0.583. The van der Waals surface area contributed by atoms with Crippen molar-refractivity contribution in [2.24, 2.45) is 23.2 Å². The average Bonchev–Trinajstić information content (AvgIpc) is 2.77. The van der Waals surface area contributed by atoms with E-state index >= 15 is 0 Å². The second-order valence-electron chi connectivity index (χ2n) is 10.2. The molecule has 1 saturated heterocycles. The lowest BCUT2D eigenvalue weighted by molar-refractivity contribution is -0.158. The number of hydrogen-bond acceptors (Lipinski definition) is 4. The molecule has 5 aliphatic rings. The van der Waals surface area contributed by atoms with Gasteiger partial charge in [0.05, 0.1) is 5.41 Å². The van der Waals surface area contributed by atoms with Crippen LogP contribution in [0.25, 0.3) is 0 Å². The number of rotatable bonds is 5. The number of benzene rings is 1. The molecule has 4 saturated carbocycles. The van der Waals surface area contributed by atoms with Gasteiger partial charge in [-0.2, -0.15) is 4.31 Å². The maximum Gasteiger partial charge on any atom is 0.247 e. The molecule has 0 atom stereocenters. The lowest BCUT2D eigenvalue weighted by Gasteiger charge is -2.57. The van der Waals surface area contributed by atoms with Gasteiger partial charge >= 0.3 is 0 Å².